The van der Waals surface area contributed by atoms with Gasteiger partial charge in [-0.1, -0.05) is 96.6 Å². The van der Waals surface area contributed by atoms with Gasteiger partial charge in [-0.05, 0) is 64.7 Å². The molecule has 0 saturated heterocycles. The van der Waals surface area contributed by atoms with Crippen LogP contribution < -0.4 is 4.72 Å². The zero-order valence-electron chi connectivity index (χ0n) is 23.2. The highest BCUT2D eigenvalue weighted by Gasteiger charge is 2.40. The van der Waals surface area contributed by atoms with Gasteiger partial charge in [-0.2, -0.15) is 17.9 Å². The fourth-order valence-electron chi connectivity index (χ4n) is 4.71. The number of hydrogen-bond acceptors (Lipinski definition) is 4. The molecule has 0 radical (unpaired) electrons. The lowest BCUT2D eigenvalue weighted by molar-refractivity contribution is -0.137. The molecule has 0 bridgehead atoms. The summed E-state index contributed by atoms with van der Waals surface area (Å²) in [6, 6.07) is 32.2. The molecule has 0 heterocycles. The normalized spacial score (nSPS) is 14.3. The molecule has 10 heteroatoms. The Bertz CT molecular complexity index is 1860. The van der Waals surface area contributed by atoms with Gasteiger partial charge in [0.2, 0.25) is 17.4 Å². The maximum atomic E-state index is 15.1. The zero-order valence-corrected chi connectivity index (χ0v) is 24.9. The number of halogens is 3. The number of nitrogens with one attached hydrogen (secondary N) is 1. The smallest absolute Gasteiger partial charge is 0.322 e. The molecule has 0 amide bonds. The van der Waals surface area contributed by atoms with Crippen molar-refractivity contribution in [1.82, 2.24) is 4.72 Å². The molecule has 5 aromatic carbocycles. The molecule has 0 spiro atoms. The Morgan fingerprint density at radius 1 is 0.767 bits per heavy atom. The van der Waals surface area contributed by atoms with E-state index in [-0.39, 0.29) is 17.7 Å². The summed E-state index contributed by atoms with van der Waals surface area (Å²) < 4.78 is 91.1. The molecule has 2 atom stereocenters. The summed E-state index contributed by atoms with van der Waals surface area (Å²) in [5.74, 6) is -1.35. The van der Waals surface area contributed by atoms with Gasteiger partial charge in [-0.25, -0.2) is 8.42 Å². The van der Waals surface area contributed by atoms with Crippen molar-refractivity contribution in [1.29, 1.82) is 0 Å². The number of hydrogen-bond donors (Lipinski definition) is 1. The van der Waals surface area contributed by atoms with Crippen molar-refractivity contribution in [3.8, 4) is 0 Å². The highest BCUT2D eigenvalue weighted by molar-refractivity contribution is 7.89. The first-order valence-electron chi connectivity index (χ1n) is 13.4. The summed E-state index contributed by atoms with van der Waals surface area (Å²) in [4.78, 5) is -0.0203. The molecule has 0 fully saturated rings. The number of benzene rings is 5. The van der Waals surface area contributed by atoms with Crippen LogP contribution in [-0.4, -0.2) is 8.42 Å². The molecule has 1 N–H and O–H groups in total. The van der Waals surface area contributed by atoms with Crippen LogP contribution in [0.2, 0.25) is 0 Å². The Labute approximate surface area is 248 Å². The third-order valence-electron chi connectivity index (χ3n) is 7.06. The molecule has 0 aliphatic heterocycles. The first-order valence-corrected chi connectivity index (χ1v) is 16.8. The highest BCUT2D eigenvalue weighted by atomic mass is 32.2. The number of fused-ring (bicyclic) bond motifs is 1. The van der Waals surface area contributed by atoms with Gasteiger partial charge in [0.05, 0.1) is 23.2 Å². The van der Waals surface area contributed by atoms with Gasteiger partial charge in [0.1, 0.15) is 5.78 Å². The average molecular weight is 624 g/mol. The van der Waals surface area contributed by atoms with Crippen LogP contribution in [-0.2, 0) is 38.1 Å². The maximum absolute atomic E-state index is 15.1. The number of aryl methyl sites for hydroxylation is 1. The summed E-state index contributed by atoms with van der Waals surface area (Å²) in [5.41, 5.74) is 1.43. The lowest BCUT2D eigenvalue weighted by atomic mass is 10.1. The molecule has 43 heavy (non-hydrogen) atoms. The topological polar surface area (TPSA) is 72.5 Å². The van der Waals surface area contributed by atoms with E-state index in [0.29, 0.717) is 16.7 Å². The van der Waals surface area contributed by atoms with E-state index in [1.807, 2.05) is 37.3 Å². The minimum atomic E-state index is -4.54. The van der Waals surface area contributed by atoms with Gasteiger partial charge in [0, 0.05) is 0 Å². The number of rotatable bonds is 10. The zero-order chi connectivity index (χ0) is 30.7. The van der Waals surface area contributed by atoms with Crippen molar-refractivity contribution < 1.29 is 30.7 Å². The van der Waals surface area contributed by atoms with Crippen LogP contribution >= 0.6 is 7.37 Å². The van der Waals surface area contributed by atoms with Gasteiger partial charge in [-0.15, -0.1) is 0 Å². The summed E-state index contributed by atoms with van der Waals surface area (Å²) in [6.45, 7) is 1.73. The molecule has 0 aliphatic rings. The lowest BCUT2D eigenvalue weighted by Crippen LogP contribution is -2.30. The molecule has 222 valence electrons. The van der Waals surface area contributed by atoms with Crippen molar-refractivity contribution in [3.63, 3.8) is 0 Å². The van der Waals surface area contributed by atoms with E-state index in [1.54, 1.807) is 54.6 Å². The van der Waals surface area contributed by atoms with Crippen LogP contribution in [0.25, 0.3) is 10.8 Å². The summed E-state index contributed by atoms with van der Waals surface area (Å²) in [6.07, 6.45) is -4.85. The van der Waals surface area contributed by atoms with Crippen molar-refractivity contribution >= 4 is 28.2 Å². The molecule has 5 rings (SSSR count). The second-order valence-electron chi connectivity index (χ2n) is 10.3. The fourth-order valence-corrected chi connectivity index (χ4v) is 8.95. The molecular weight excluding hydrogens is 594 g/mol. The molecule has 0 unspecified atom stereocenters. The van der Waals surface area contributed by atoms with Crippen LogP contribution in [0.3, 0.4) is 0 Å². The van der Waals surface area contributed by atoms with Crippen LogP contribution in [0.15, 0.2) is 126 Å². The molecule has 0 aliphatic carbocycles. The number of sulfonamides is 1. The standard InChI is InChI=1S/C33H29F3NO4PS/c1-24-11-19-31(20-12-24)43(39,40)37-32(29-16-15-27-9-5-6-10-28(27)21-29)42(38,41-22-25-7-3-2-4-8-25)23-26-13-17-30(18-14-26)33(34,35)36/h2-21,32,37H,22-23H2,1H3/t32-,42+/m1/s1. The molecule has 0 saturated carbocycles. The van der Waals surface area contributed by atoms with Gasteiger partial charge < -0.3 is 4.52 Å². The van der Waals surface area contributed by atoms with Crippen LogP contribution in [0.4, 0.5) is 13.2 Å². The highest BCUT2D eigenvalue weighted by Crippen LogP contribution is 2.62. The monoisotopic (exact) mass is 623 g/mol. The summed E-state index contributed by atoms with van der Waals surface area (Å²) in [5, 5.41) is 1.69. The van der Waals surface area contributed by atoms with E-state index in [0.717, 1.165) is 28.5 Å². The van der Waals surface area contributed by atoms with Crippen molar-refractivity contribution in [2.24, 2.45) is 0 Å². The Hall–Kier alpha value is -3.75. The second-order valence-corrected chi connectivity index (χ2v) is 14.5. The van der Waals surface area contributed by atoms with E-state index < -0.39 is 34.9 Å². The average Bonchev–Trinajstić information content (AvgIpc) is 2.99. The molecule has 5 nitrogen and oxygen atoms in total. The van der Waals surface area contributed by atoms with E-state index >= 15 is 4.57 Å². The molecule has 0 aromatic heterocycles. The number of alkyl halides is 3. The Morgan fingerprint density at radius 2 is 1.40 bits per heavy atom. The molecule has 5 aromatic rings. The van der Waals surface area contributed by atoms with E-state index in [2.05, 4.69) is 4.72 Å². The summed E-state index contributed by atoms with van der Waals surface area (Å²) >= 11 is 0. The van der Waals surface area contributed by atoms with Crippen molar-refractivity contribution in [3.05, 3.63) is 149 Å². The van der Waals surface area contributed by atoms with Gasteiger partial charge >= 0.3 is 6.18 Å². The van der Waals surface area contributed by atoms with Gasteiger partial charge in [-0.3, -0.25) is 4.57 Å². The Morgan fingerprint density at radius 3 is 2.05 bits per heavy atom. The first kappa shape index (κ1) is 30.7. The van der Waals surface area contributed by atoms with E-state index in [4.69, 9.17) is 4.52 Å². The predicted molar refractivity (Wildman–Crippen MR) is 162 cm³/mol. The third kappa shape index (κ3) is 7.43. The van der Waals surface area contributed by atoms with Crippen LogP contribution in [0, 0.1) is 6.92 Å². The lowest BCUT2D eigenvalue weighted by Gasteiger charge is -2.29. The van der Waals surface area contributed by atoms with Crippen molar-refractivity contribution in [2.45, 2.75) is 36.5 Å². The van der Waals surface area contributed by atoms with Gasteiger partial charge in [0.25, 0.3) is 0 Å². The second kappa shape index (κ2) is 12.5. The fraction of sp³-hybridized carbons (Fsp3) is 0.152. The summed E-state index contributed by atoms with van der Waals surface area (Å²) in [7, 11) is -8.28. The first-order chi connectivity index (χ1) is 20.4. The quantitative estimate of drug-likeness (QED) is 0.158. The van der Waals surface area contributed by atoms with Crippen LogP contribution in [0.5, 0.6) is 0 Å². The van der Waals surface area contributed by atoms with Gasteiger partial charge in [0.15, 0.2) is 0 Å². The van der Waals surface area contributed by atoms with Crippen molar-refractivity contribution in [2.75, 3.05) is 0 Å². The van der Waals surface area contributed by atoms with Crippen LogP contribution in [0.1, 0.15) is 33.6 Å². The minimum absolute atomic E-state index is 0.0203. The maximum Gasteiger partial charge on any atom is 0.416 e. The SMILES string of the molecule is Cc1ccc(S(=O)(=O)N[C@@H](c2ccc3ccccc3c2)[P@](=O)(Cc2ccc(C(F)(F)F)cc2)OCc2ccccc2)cc1. The van der Waals surface area contributed by atoms with E-state index in [9.17, 15) is 21.6 Å². The van der Waals surface area contributed by atoms with E-state index in [1.165, 1.54) is 24.3 Å². The minimum Gasteiger partial charge on any atom is -0.322 e. The Kier molecular flexibility index (Phi) is 8.90. The largest absolute Gasteiger partial charge is 0.416 e. The third-order valence-corrected chi connectivity index (χ3v) is 11.3. The predicted octanol–water partition coefficient (Wildman–Crippen LogP) is 8.84. The Balaban J connectivity index is 1.62. The molecular formula is C33H29F3NO4PS.